The number of carbonyl (C=O) groups is 1. The summed E-state index contributed by atoms with van der Waals surface area (Å²) in [4.78, 5) is 18.5. The summed E-state index contributed by atoms with van der Waals surface area (Å²) in [5.41, 5.74) is 0. The van der Waals surface area contributed by atoms with Crippen LogP contribution < -0.4 is 10.6 Å². The Balaban J connectivity index is 0.00000484. The monoisotopic (exact) mass is 438 g/mol. The Kier molecular flexibility index (Phi) is 12.5. The third-order valence-corrected chi connectivity index (χ3v) is 4.23. The van der Waals surface area contributed by atoms with Crippen molar-refractivity contribution in [1.82, 2.24) is 15.5 Å². The molecule has 0 bridgehead atoms. The fraction of sp³-hybridized carbons (Fsp3) is 0.882. The maximum atomic E-state index is 12.2. The molecule has 1 fully saturated rings. The molecule has 1 heterocycles. The van der Waals surface area contributed by atoms with Crippen LogP contribution in [0.3, 0.4) is 0 Å². The van der Waals surface area contributed by atoms with Crippen LogP contribution in [0.4, 0.5) is 0 Å². The van der Waals surface area contributed by atoms with E-state index in [0.29, 0.717) is 19.0 Å². The summed E-state index contributed by atoms with van der Waals surface area (Å²) >= 11 is 0. The highest BCUT2D eigenvalue weighted by atomic mass is 127. The van der Waals surface area contributed by atoms with E-state index < -0.39 is 0 Å². The topological polar surface area (TPSA) is 56.7 Å². The molecule has 5 nitrogen and oxygen atoms in total. The first-order valence-corrected chi connectivity index (χ1v) is 8.78. The van der Waals surface area contributed by atoms with E-state index in [2.05, 4.69) is 36.4 Å². The number of aliphatic imine (C=N–C) groups is 1. The fourth-order valence-corrected chi connectivity index (χ4v) is 2.84. The molecule has 6 heteroatoms. The Bertz CT molecular complexity index is 361. The zero-order chi connectivity index (χ0) is 16.4. The van der Waals surface area contributed by atoms with Crippen LogP contribution in [0.5, 0.6) is 0 Å². The van der Waals surface area contributed by atoms with Crippen molar-refractivity contribution in [2.75, 3.05) is 26.7 Å². The van der Waals surface area contributed by atoms with E-state index in [1.54, 1.807) is 7.05 Å². The number of likely N-dealkylation sites (tertiary alicyclic amines) is 1. The lowest BCUT2D eigenvalue weighted by atomic mass is 10.0. The molecule has 1 rings (SSSR count). The van der Waals surface area contributed by atoms with Crippen molar-refractivity contribution in [2.24, 2.45) is 10.9 Å². The van der Waals surface area contributed by atoms with Gasteiger partial charge in [-0.15, -0.1) is 24.0 Å². The van der Waals surface area contributed by atoms with Gasteiger partial charge < -0.3 is 15.5 Å². The summed E-state index contributed by atoms with van der Waals surface area (Å²) in [6.07, 6.45) is 6.42. The number of nitrogens with one attached hydrogen (secondary N) is 2. The van der Waals surface area contributed by atoms with Crippen LogP contribution in [-0.4, -0.2) is 49.5 Å². The summed E-state index contributed by atoms with van der Waals surface area (Å²) < 4.78 is 0. The zero-order valence-electron chi connectivity index (χ0n) is 15.2. The second kappa shape index (κ2) is 12.8. The van der Waals surface area contributed by atoms with Crippen LogP contribution in [0.25, 0.3) is 0 Å². The average molecular weight is 438 g/mol. The van der Waals surface area contributed by atoms with Gasteiger partial charge >= 0.3 is 0 Å². The highest BCUT2D eigenvalue weighted by Crippen LogP contribution is 2.16. The summed E-state index contributed by atoms with van der Waals surface area (Å²) in [5.74, 6) is 1.79. The molecule has 1 aliphatic heterocycles. The molecule has 1 amide bonds. The lowest BCUT2D eigenvalue weighted by Gasteiger charge is -2.33. The standard InChI is InChI=1S/C17H34N4O.HI/c1-14(2)8-7-11-19-17(18-4)20-12-10-16(22)21-13-6-5-9-15(21)3;/h14-15H,5-13H2,1-4H3,(H2,18,19,20);1H. The molecule has 1 saturated heterocycles. The second-order valence-electron chi connectivity index (χ2n) is 6.64. The van der Waals surface area contributed by atoms with Crippen LogP contribution in [0, 0.1) is 5.92 Å². The Morgan fingerprint density at radius 1 is 1.26 bits per heavy atom. The Labute approximate surface area is 159 Å². The summed E-state index contributed by atoms with van der Waals surface area (Å²) in [6, 6.07) is 0.398. The van der Waals surface area contributed by atoms with Gasteiger partial charge in [0, 0.05) is 39.1 Å². The molecule has 0 aromatic heterocycles. The van der Waals surface area contributed by atoms with Gasteiger partial charge in [-0.05, 0) is 44.9 Å². The molecule has 1 aliphatic rings. The number of amides is 1. The fourth-order valence-electron chi connectivity index (χ4n) is 2.84. The van der Waals surface area contributed by atoms with E-state index >= 15 is 0 Å². The molecule has 0 aromatic rings. The van der Waals surface area contributed by atoms with E-state index in [1.807, 2.05) is 4.90 Å². The number of carbonyl (C=O) groups excluding carboxylic acids is 1. The SMILES string of the molecule is CN=C(NCCCC(C)C)NCCC(=O)N1CCCCC1C.I. The average Bonchev–Trinajstić information content (AvgIpc) is 2.49. The minimum absolute atomic E-state index is 0. The van der Waals surface area contributed by atoms with Gasteiger partial charge in [0.1, 0.15) is 0 Å². The van der Waals surface area contributed by atoms with Crippen LogP contribution >= 0.6 is 24.0 Å². The normalized spacial score (nSPS) is 18.6. The first-order valence-electron chi connectivity index (χ1n) is 8.78. The van der Waals surface area contributed by atoms with Crippen LogP contribution in [0.1, 0.15) is 59.3 Å². The molecule has 23 heavy (non-hydrogen) atoms. The molecule has 0 saturated carbocycles. The van der Waals surface area contributed by atoms with Crippen molar-refractivity contribution < 1.29 is 4.79 Å². The minimum atomic E-state index is 0. The molecule has 2 N–H and O–H groups in total. The van der Waals surface area contributed by atoms with E-state index in [4.69, 9.17) is 0 Å². The minimum Gasteiger partial charge on any atom is -0.356 e. The van der Waals surface area contributed by atoms with Gasteiger partial charge in [0.05, 0.1) is 0 Å². The predicted molar refractivity (Wildman–Crippen MR) is 108 cm³/mol. The van der Waals surface area contributed by atoms with Gasteiger partial charge in [-0.3, -0.25) is 9.79 Å². The van der Waals surface area contributed by atoms with Gasteiger partial charge in [0.15, 0.2) is 5.96 Å². The molecule has 0 spiro atoms. The lowest BCUT2D eigenvalue weighted by molar-refractivity contribution is -0.134. The van der Waals surface area contributed by atoms with Crippen molar-refractivity contribution in [2.45, 2.75) is 65.3 Å². The lowest BCUT2D eigenvalue weighted by Crippen LogP contribution is -2.44. The number of nitrogens with zero attached hydrogens (tertiary/aromatic N) is 2. The second-order valence-corrected chi connectivity index (χ2v) is 6.64. The molecular weight excluding hydrogens is 403 g/mol. The molecule has 0 aromatic carbocycles. The molecule has 136 valence electrons. The highest BCUT2D eigenvalue weighted by Gasteiger charge is 2.22. The Morgan fingerprint density at radius 3 is 2.57 bits per heavy atom. The molecular formula is C17H35IN4O. The Morgan fingerprint density at radius 2 is 1.96 bits per heavy atom. The van der Waals surface area contributed by atoms with Gasteiger partial charge in [-0.25, -0.2) is 0 Å². The third-order valence-electron chi connectivity index (χ3n) is 4.23. The van der Waals surface area contributed by atoms with Gasteiger partial charge in [-0.2, -0.15) is 0 Å². The Hall–Kier alpha value is -0.530. The summed E-state index contributed by atoms with van der Waals surface area (Å²) in [7, 11) is 1.77. The van der Waals surface area contributed by atoms with E-state index in [0.717, 1.165) is 44.2 Å². The van der Waals surface area contributed by atoms with Gasteiger partial charge in [-0.1, -0.05) is 13.8 Å². The largest absolute Gasteiger partial charge is 0.356 e. The smallest absolute Gasteiger partial charge is 0.224 e. The third kappa shape index (κ3) is 9.37. The number of hydrogen-bond donors (Lipinski definition) is 2. The van der Waals surface area contributed by atoms with E-state index in [-0.39, 0.29) is 29.9 Å². The maximum absolute atomic E-state index is 12.2. The molecule has 1 atom stereocenters. The van der Waals surface area contributed by atoms with Crippen molar-refractivity contribution >= 4 is 35.8 Å². The van der Waals surface area contributed by atoms with Crippen molar-refractivity contribution in [1.29, 1.82) is 0 Å². The van der Waals surface area contributed by atoms with Crippen molar-refractivity contribution in [3.8, 4) is 0 Å². The quantitative estimate of drug-likeness (QED) is 0.278. The molecule has 1 unspecified atom stereocenters. The van der Waals surface area contributed by atoms with E-state index in [9.17, 15) is 4.79 Å². The summed E-state index contributed by atoms with van der Waals surface area (Å²) in [6.45, 7) is 9.11. The van der Waals surface area contributed by atoms with Crippen molar-refractivity contribution in [3.63, 3.8) is 0 Å². The number of rotatable bonds is 7. The first kappa shape index (κ1) is 22.5. The molecule has 0 aliphatic carbocycles. The van der Waals surface area contributed by atoms with Crippen LogP contribution in [-0.2, 0) is 4.79 Å². The van der Waals surface area contributed by atoms with Gasteiger partial charge in [0.25, 0.3) is 0 Å². The summed E-state index contributed by atoms with van der Waals surface area (Å²) in [5, 5.41) is 6.53. The predicted octanol–water partition coefficient (Wildman–Crippen LogP) is 3.00. The van der Waals surface area contributed by atoms with Crippen LogP contribution in [0.15, 0.2) is 4.99 Å². The number of piperidine rings is 1. The number of guanidine groups is 1. The van der Waals surface area contributed by atoms with Gasteiger partial charge in [0.2, 0.25) is 5.91 Å². The number of halogens is 1. The van der Waals surface area contributed by atoms with Crippen molar-refractivity contribution in [3.05, 3.63) is 0 Å². The number of hydrogen-bond acceptors (Lipinski definition) is 2. The first-order chi connectivity index (χ1) is 10.5. The van der Waals surface area contributed by atoms with E-state index in [1.165, 1.54) is 12.8 Å². The zero-order valence-corrected chi connectivity index (χ0v) is 17.6. The van der Waals surface area contributed by atoms with Crippen LogP contribution in [0.2, 0.25) is 0 Å². The highest BCUT2D eigenvalue weighted by molar-refractivity contribution is 14.0. The maximum Gasteiger partial charge on any atom is 0.224 e. The molecule has 0 radical (unpaired) electrons.